The Labute approximate surface area is 105 Å². The summed E-state index contributed by atoms with van der Waals surface area (Å²) in [6, 6.07) is 4.96. The summed E-state index contributed by atoms with van der Waals surface area (Å²) in [7, 11) is 0. The number of alkyl halides is 3. The monoisotopic (exact) mass is 258 g/mol. The third-order valence-electron chi connectivity index (χ3n) is 2.66. The van der Waals surface area contributed by atoms with Crippen molar-refractivity contribution in [2.24, 2.45) is 5.92 Å². The summed E-state index contributed by atoms with van der Waals surface area (Å²) >= 11 is 0. The number of Topliss-reactive ketones (excluding diaryl/α,β-unsaturated/α-hetero) is 1. The van der Waals surface area contributed by atoms with Gasteiger partial charge in [-0.25, -0.2) is 0 Å². The molecule has 0 N–H and O–H groups in total. The van der Waals surface area contributed by atoms with E-state index in [2.05, 4.69) is 0 Å². The van der Waals surface area contributed by atoms with E-state index in [4.69, 9.17) is 0 Å². The predicted molar refractivity (Wildman–Crippen MR) is 64.2 cm³/mol. The van der Waals surface area contributed by atoms with Crippen LogP contribution in [0.15, 0.2) is 24.3 Å². The van der Waals surface area contributed by atoms with Gasteiger partial charge in [-0.1, -0.05) is 32.0 Å². The molecule has 18 heavy (non-hydrogen) atoms. The van der Waals surface area contributed by atoms with Gasteiger partial charge in [0.05, 0.1) is 5.56 Å². The lowest BCUT2D eigenvalue weighted by Crippen LogP contribution is -2.08. The zero-order valence-electron chi connectivity index (χ0n) is 10.6. The lowest BCUT2D eigenvalue weighted by Gasteiger charge is -2.08. The molecule has 4 heteroatoms. The summed E-state index contributed by atoms with van der Waals surface area (Å²) < 4.78 is 37.4. The topological polar surface area (TPSA) is 17.1 Å². The Morgan fingerprint density at radius 3 is 2.50 bits per heavy atom. The molecule has 0 aromatic heterocycles. The Morgan fingerprint density at radius 2 is 1.94 bits per heavy atom. The zero-order chi connectivity index (χ0) is 13.8. The third kappa shape index (κ3) is 4.90. The van der Waals surface area contributed by atoms with Crippen molar-refractivity contribution < 1.29 is 18.0 Å². The molecular weight excluding hydrogens is 241 g/mol. The van der Waals surface area contributed by atoms with Gasteiger partial charge in [0.15, 0.2) is 0 Å². The largest absolute Gasteiger partial charge is 0.416 e. The van der Waals surface area contributed by atoms with Gasteiger partial charge in [0.2, 0.25) is 0 Å². The second kappa shape index (κ2) is 6.03. The van der Waals surface area contributed by atoms with Crippen molar-refractivity contribution in [2.75, 3.05) is 0 Å². The maximum atomic E-state index is 12.5. The van der Waals surface area contributed by atoms with Crippen molar-refractivity contribution in [3.8, 4) is 0 Å². The molecular formula is C14H17F3O. The number of rotatable bonds is 5. The first-order valence-electron chi connectivity index (χ1n) is 5.97. The Hall–Kier alpha value is -1.32. The summed E-state index contributed by atoms with van der Waals surface area (Å²) in [5.74, 6) is 0.415. The molecule has 0 saturated carbocycles. The first kappa shape index (κ1) is 14.7. The smallest absolute Gasteiger partial charge is 0.299 e. The average Bonchev–Trinajstić information content (AvgIpc) is 2.25. The van der Waals surface area contributed by atoms with E-state index in [0.717, 1.165) is 18.6 Å². The molecule has 0 fully saturated rings. The van der Waals surface area contributed by atoms with Crippen LogP contribution in [0.5, 0.6) is 0 Å². The molecule has 0 unspecified atom stereocenters. The van der Waals surface area contributed by atoms with Crippen molar-refractivity contribution in [3.63, 3.8) is 0 Å². The fraction of sp³-hybridized carbons (Fsp3) is 0.500. The van der Waals surface area contributed by atoms with Crippen LogP contribution in [0, 0.1) is 5.92 Å². The number of carbonyl (C=O) groups is 1. The minimum absolute atomic E-state index is 0.0111. The van der Waals surface area contributed by atoms with Crippen LogP contribution in [0.4, 0.5) is 13.2 Å². The number of benzene rings is 1. The minimum atomic E-state index is -4.35. The highest BCUT2D eigenvalue weighted by Crippen LogP contribution is 2.29. The first-order chi connectivity index (χ1) is 8.29. The van der Waals surface area contributed by atoms with Crippen molar-refractivity contribution in [1.82, 2.24) is 0 Å². The quantitative estimate of drug-likeness (QED) is 0.771. The standard InChI is InChI=1S/C14H17F3O/c1-10(2)6-7-13(18)9-11-4-3-5-12(8-11)14(15,16)17/h3-5,8,10H,6-7,9H2,1-2H3. The Balaban J connectivity index is 2.65. The number of ketones is 1. The van der Waals surface area contributed by atoms with E-state index in [-0.39, 0.29) is 12.2 Å². The second-order valence-corrected chi connectivity index (χ2v) is 4.85. The Kier molecular flexibility index (Phi) is 4.93. The Bertz CT molecular complexity index is 408. The molecule has 0 bridgehead atoms. The van der Waals surface area contributed by atoms with Crippen molar-refractivity contribution in [2.45, 2.75) is 39.3 Å². The summed E-state index contributed by atoms with van der Waals surface area (Å²) in [6.07, 6.45) is -3.07. The molecule has 1 aromatic carbocycles. The van der Waals surface area contributed by atoms with Crippen molar-refractivity contribution >= 4 is 5.78 Å². The fourth-order valence-electron chi connectivity index (χ4n) is 1.62. The lowest BCUT2D eigenvalue weighted by atomic mass is 10.00. The predicted octanol–water partition coefficient (Wildman–Crippen LogP) is 4.25. The molecule has 0 amide bonds. The molecule has 0 aliphatic rings. The van der Waals surface area contributed by atoms with E-state index in [1.54, 1.807) is 6.07 Å². The maximum absolute atomic E-state index is 12.5. The van der Waals surface area contributed by atoms with Gasteiger partial charge >= 0.3 is 6.18 Å². The molecule has 0 radical (unpaired) electrons. The zero-order valence-corrected chi connectivity index (χ0v) is 10.6. The lowest BCUT2D eigenvalue weighted by molar-refractivity contribution is -0.137. The molecule has 0 aliphatic heterocycles. The van der Waals surface area contributed by atoms with Crippen LogP contribution < -0.4 is 0 Å². The molecule has 100 valence electrons. The highest BCUT2D eigenvalue weighted by molar-refractivity contribution is 5.80. The van der Waals surface area contributed by atoms with Crippen LogP contribution >= 0.6 is 0 Å². The first-order valence-corrected chi connectivity index (χ1v) is 5.97. The molecule has 1 rings (SSSR count). The van der Waals surface area contributed by atoms with Crippen LogP contribution in [0.1, 0.15) is 37.8 Å². The maximum Gasteiger partial charge on any atom is 0.416 e. The van der Waals surface area contributed by atoms with Gasteiger partial charge in [-0.15, -0.1) is 0 Å². The van der Waals surface area contributed by atoms with Gasteiger partial charge in [0.1, 0.15) is 5.78 Å². The van der Waals surface area contributed by atoms with Crippen LogP contribution in [0.3, 0.4) is 0 Å². The normalized spacial score (nSPS) is 11.9. The van der Waals surface area contributed by atoms with E-state index in [9.17, 15) is 18.0 Å². The highest BCUT2D eigenvalue weighted by atomic mass is 19.4. The fourth-order valence-corrected chi connectivity index (χ4v) is 1.62. The van der Waals surface area contributed by atoms with E-state index in [1.807, 2.05) is 13.8 Å². The van der Waals surface area contributed by atoms with Gasteiger partial charge in [-0.2, -0.15) is 13.2 Å². The number of halogens is 3. The summed E-state index contributed by atoms with van der Waals surface area (Å²) in [5, 5.41) is 0. The Morgan fingerprint density at radius 1 is 1.28 bits per heavy atom. The van der Waals surface area contributed by atoms with Crippen LogP contribution in [0.2, 0.25) is 0 Å². The molecule has 0 saturated heterocycles. The van der Waals surface area contributed by atoms with Gasteiger partial charge < -0.3 is 0 Å². The van der Waals surface area contributed by atoms with Crippen LogP contribution in [0.25, 0.3) is 0 Å². The number of hydrogen-bond acceptors (Lipinski definition) is 1. The molecule has 1 nitrogen and oxygen atoms in total. The number of carbonyl (C=O) groups excluding carboxylic acids is 1. The highest BCUT2D eigenvalue weighted by Gasteiger charge is 2.30. The second-order valence-electron chi connectivity index (χ2n) is 4.85. The summed E-state index contributed by atoms with van der Waals surface area (Å²) in [6.45, 7) is 4.02. The van der Waals surface area contributed by atoms with Crippen molar-refractivity contribution in [3.05, 3.63) is 35.4 Å². The van der Waals surface area contributed by atoms with Crippen LogP contribution in [-0.2, 0) is 17.4 Å². The molecule has 0 aliphatic carbocycles. The molecule has 0 atom stereocenters. The van der Waals surface area contributed by atoms with Crippen molar-refractivity contribution in [1.29, 1.82) is 0 Å². The molecule has 0 spiro atoms. The van der Waals surface area contributed by atoms with E-state index in [0.29, 0.717) is 17.9 Å². The van der Waals surface area contributed by atoms with Gasteiger partial charge in [0, 0.05) is 12.8 Å². The molecule has 1 aromatic rings. The molecule has 0 heterocycles. The average molecular weight is 258 g/mol. The summed E-state index contributed by atoms with van der Waals surface area (Å²) in [4.78, 5) is 11.6. The SMILES string of the molecule is CC(C)CCC(=O)Cc1cccc(C(F)(F)F)c1. The van der Waals surface area contributed by atoms with E-state index in [1.165, 1.54) is 6.07 Å². The van der Waals surface area contributed by atoms with Gasteiger partial charge in [-0.05, 0) is 24.0 Å². The van der Waals surface area contributed by atoms with Crippen LogP contribution in [-0.4, -0.2) is 5.78 Å². The van der Waals surface area contributed by atoms with E-state index >= 15 is 0 Å². The number of hydrogen-bond donors (Lipinski definition) is 0. The van der Waals surface area contributed by atoms with Gasteiger partial charge in [-0.3, -0.25) is 4.79 Å². The van der Waals surface area contributed by atoms with E-state index < -0.39 is 11.7 Å². The summed E-state index contributed by atoms with van der Waals surface area (Å²) in [5.41, 5.74) is -0.268. The third-order valence-corrected chi connectivity index (χ3v) is 2.66. The van der Waals surface area contributed by atoms with Gasteiger partial charge in [0.25, 0.3) is 0 Å². The minimum Gasteiger partial charge on any atom is -0.299 e.